The van der Waals surface area contributed by atoms with E-state index in [-0.39, 0.29) is 5.91 Å². The molecule has 0 fully saturated rings. The van der Waals surface area contributed by atoms with Crippen LogP contribution in [0.5, 0.6) is 0 Å². The molecule has 0 saturated heterocycles. The first-order chi connectivity index (χ1) is 18.6. The highest BCUT2D eigenvalue weighted by atomic mass is 16.5. The number of ether oxygens (including phenoxy) is 2. The average molecular weight is 522 g/mol. The largest absolute Gasteiger partial charge is 0.377 e. The van der Waals surface area contributed by atoms with E-state index in [1.54, 1.807) is 12.1 Å². The maximum atomic E-state index is 12.0. The molecule has 2 aromatic carbocycles. The topological polar surface area (TPSA) is 122 Å². The zero-order chi connectivity index (χ0) is 26.8. The lowest BCUT2D eigenvalue weighted by Crippen LogP contribution is -2.27. The molecule has 0 atom stereocenters. The molecular formula is C28H39N7O3. The minimum absolute atomic E-state index is 0.105. The standard InChI is InChI=1S/C28H39N7O3/c1-22(2)13-14-30-26-33-27(35-28(34-26)32-21-23-9-5-3-6-10-23)31-16-18-38-20-19-37-17-15-29-25(36)24-11-7-4-8-12-24/h3-12,22H,13-21H2,1-2H3,(H,29,36)(H3,30,31,32,33,34,35). The fourth-order valence-electron chi connectivity index (χ4n) is 3.35. The molecule has 3 aromatic rings. The first-order valence-corrected chi connectivity index (χ1v) is 13.1. The third-order valence-electron chi connectivity index (χ3n) is 5.40. The van der Waals surface area contributed by atoms with Crippen molar-refractivity contribution in [1.29, 1.82) is 0 Å². The van der Waals surface area contributed by atoms with Gasteiger partial charge in [0.1, 0.15) is 0 Å². The van der Waals surface area contributed by atoms with Crippen molar-refractivity contribution in [2.75, 3.05) is 62.0 Å². The van der Waals surface area contributed by atoms with Gasteiger partial charge in [-0.3, -0.25) is 4.79 Å². The van der Waals surface area contributed by atoms with Gasteiger partial charge in [-0.25, -0.2) is 0 Å². The molecule has 0 spiro atoms. The van der Waals surface area contributed by atoms with Crippen molar-refractivity contribution in [3.8, 4) is 0 Å². The number of carbonyl (C=O) groups is 1. The van der Waals surface area contributed by atoms with E-state index >= 15 is 0 Å². The summed E-state index contributed by atoms with van der Waals surface area (Å²) in [5, 5.41) is 12.6. The third-order valence-corrected chi connectivity index (χ3v) is 5.40. The first-order valence-electron chi connectivity index (χ1n) is 13.1. The van der Waals surface area contributed by atoms with Crippen molar-refractivity contribution >= 4 is 23.8 Å². The summed E-state index contributed by atoms with van der Waals surface area (Å²) < 4.78 is 11.2. The summed E-state index contributed by atoms with van der Waals surface area (Å²) in [5.74, 6) is 2.01. The Balaban J connectivity index is 1.33. The molecule has 1 amide bonds. The number of carbonyl (C=O) groups excluding carboxylic acids is 1. The van der Waals surface area contributed by atoms with Crippen LogP contribution < -0.4 is 21.3 Å². The van der Waals surface area contributed by atoms with Gasteiger partial charge in [-0.05, 0) is 30.0 Å². The molecule has 0 unspecified atom stereocenters. The van der Waals surface area contributed by atoms with Crippen LogP contribution in [0, 0.1) is 5.92 Å². The Morgan fingerprint density at radius 1 is 0.711 bits per heavy atom. The highest BCUT2D eigenvalue weighted by Gasteiger charge is 2.07. The molecule has 204 valence electrons. The predicted octanol–water partition coefficient (Wildman–Crippen LogP) is 3.82. The van der Waals surface area contributed by atoms with Gasteiger partial charge in [-0.1, -0.05) is 62.4 Å². The van der Waals surface area contributed by atoms with Crippen molar-refractivity contribution < 1.29 is 14.3 Å². The van der Waals surface area contributed by atoms with Crippen LogP contribution in [0.1, 0.15) is 36.2 Å². The molecule has 38 heavy (non-hydrogen) atoms. The van der Waals surface area contributed by atoms with Crippen LogP contribution in [0.2, 0.25) is 0 Å². The number of nitrogens with zero attached hydrogens (tertiary/aromatic N) is 3. The van der Waals surface area contributed by atoms with Gasteiger partial charge >= 0.3 is 0 Å². The summed E-state index contributed by atoms with van der Waals surface area (Å²) >= 11 is 0. The van der Waals surface area contributed by atoms with Gasteiger partial charge in [-0.2, -0.15) is 15.0 Å². The molecule has 0 bridgehead atoms. The number of hydrogen-bond acceptors (Lipinski definition) is 9. The van der Waals surface area contributed by atoms with E-state index in [2.05, 4.69) is 62.2 Å². The maximum absolute atomic E-state index is 12.0. The van der Waals surface area contributed by atoms with Crippen molar-refractivity contribution in [3.05, 3.63) is 71.8 Å². The fraction of sp³-hybridized carbons (Fsp3) is 0.429. The summed E-state index contributed by atoms with van der Waals surface area (Å²) in [6.45, 7) is 8.57. The van der Waals surface area contributed by atoms with Crippen molar-refractivity contribution in [2.45, 2.75) is 26.8 Å². The Labute approximate surface area is 225 Å². The normalized spacial score (nSPS) is 10.8. The minimum Gasteiger partial charge on any atom is -0.377 e. The van der Waals surface area contributed by atoms with Crippen LogP contribution in [0.25, 0.3) is 0 Å². The van der Waals surface area contributed by atoms with Crippen molar-refractivity contribution in [2.24, 2.45) is 5.92 Å². The Morgan fingerprint density at radius 3 is 1.89 bits per heavy atom. The Morgan fingerprint density at radius 2 is 1.26 bits per heavy atom. The second kappa shape index (κ2) is 16.9. The van der Waals surface area contributed by atoms with Crippen LogP contribution in [0.4, 0.5) is 17.8 Å². The maximum Gasteiger partial charge on any atom is 0.251 e. The van der Waals surface area contributed by atoms with Gasteiger partial charge < -0.3 is 30.7 Å². The van der Waals surface area contributed by atoms with Crippen LogP contribution in [-0.4, -0.2) is 66.9 Å². The first kappa shape index (κ1) is 28.8. The van der Waals surface area contributed by atoms with Crippen LogP contribution >= 0.6 is 0 Å². The molecule has 10 heteroatoms. The van der Waals surface area contributed by atoms with Crippen LogP contribution in [0.3, 0.4) is 0 Å². The molecular weight excluding hydrogens is 482 g/mol. The molecule has 0 aliphatic carbocycles. The van der Waals surface area contributed by atoms with Gasteiger partial charge in [-0.15, -0.1) is 0 Å². The molecule has 10 nitrogen and oxygen atoms in total. The number of amides is 1. The molecule has 1 aromatic heterocycles. The molecule has 1 heterocycles. The summed E-state index contributed by atoms with van der Waals surface area (Å²) in [6.07, 6.45) is 1.02. The molecule has 4 N–H and O–H groups in total. The smallest absolute Gasteiger partial charge is 0.251 e. The van der Waals surface area contributed by atoms with E-state index < -0.39 is 0 Å². The fourth-order valence-corrected chi connectivity index (χ4v) is 3.35. The Bertz CT molecular complexity index is 1070. The minimum atomic E-state index is -0.105. The lowest BCUT2D eigenvalue weighted by Gasteiger charge is -2.12. The second-order valence-electron chi connectivity index (χ2n) is 9.03. The zero-order valence-electron chi connectivity index (χ0n) is 22.3. The number of rotatable bonds is 18. The van der Waals surface area contributed by atoms with Crippen LogP contribution in [0.15, 0.2) is 60.7 Å². The van der Waals surface area contributed by atoms with E-state index in [0.717, 1.165) is 18.5 Å². The summed E-state index contributed by atoms with van der Waals surface area (Å²) in [4.78, 5) is 25.5. The highest BCUT2D eigenvalue weighted by Crippen LogP contribution is 2.11. The Kier molecular flexibility index (Phi) is 12.8. The quantitative estimate of drug-likeness (QED) is 0.185. The predicted molar refractivity (Wildman–Crippen MR) is 150 cm³/mol. The van der Waals surface area contributed by atoms with Gasteiger partial charge in [0, 0.05) is 31.7 Å². The third kappa shape index (κ3) is 11.5. The zero-order valence-corrected chi connectivity index (χ0v) is 22.3. The van der Waals surface area contributed by atoms with Gasteiger partial charge in [0.25, 0.3) is 5.91 Å². The highest BCUT2D eigenvalue weighted by molar-refractivity contribution is 5.94. The SMILES string of the molecule is CC(C)CCNc1nc(NCCOCCOCCNC(=O)c2ccccc2)nc(NCc2ccccc2)n1. The van der Waals surface area contributed by atoms with E-state index in [1.165, 1.54) is 0 Å². The Hall–Kier alpha value is -3.76. The van der Waals surface area contributed by atoms with E-state index in [9.17, 15) is 4.79 Å². The lowest BCUT2D eigenvalue weighted by molar-refractivity contribution is 0.0519. The number of aromatic nitrogens is 3. The number of anilines is 3. The number of benzene rings is 2. The van der Waals surface area contributed by atoms with Crippen LogP contribution in [-0.2, 0) is 16.0 Å². The molecule has 0 aliphatic rings. The average Bonchev–Trinajstić information content (AvgIpc) is 2.93. The second-order valence-corrected chi connectivity index (χ2v) is 9.03. The molecule has 3 rings (SSSR count). The lowest BCUT2D eigenvalue weighted by atomic mass is 10.1. The summed E-state index contributed by atoms with van der Waals surface area (Å²) in [7, 11) is 0. The monoisotopic (exact) mass is 521 g/mol. The molecule has 0 radical (unpaired) electrons. The van der Waals surface area contributed by atoms with E-state index in [0.29, 0.717) is 75.4 Å². The van der Waals surface area contributed by atoms with Crippen molar-refractivity contribution in [3.63, 3.8) is 0 Å². The van der Waals surface area contributed by atoms with E-state index in [4.69, 9.17) is 9.47 Å². The number of nitrogens with one attached hydrogen (secondary N) is 4. The van der Waals surface area contributed by atoms with Gasteiger partial charge in [0.2, 0.25) is 17.8 Å². The summed E-state index contributed by atoms with van der Waals surface area (Å²) in [5.41, 5.74) is 1.78. The van der Waals surface area contributed by atoms with Crippen molar-refractivity contribution in [1.82, 2.24) is 20.3 Å². The van der Waals surface area contributed by atoms with Gasteiger partial charge in [0.05, 0.1) is 26.4 Å². The summed E-state index contributed by atoms with van der Waals surface area (Å²) in [6, 6.07) is 19.2. The number of hydrogen-bond donors (Lipinski definition) is 4. The van der Waals surface area contributed by atoms with E-state index in [1.807, 2.05) is 36.4 Å². The molecule has 0 saturated carbocycles. The van der Waals surface area contributed by atoms with Gasteiger partial charge in [0.15, 0.2) is 0 Å². The molecule has 0 aliphatic heterocycles.